The predicted molar refractivity (Wildman–Crippen MR) is 118 cm³/mol. The highest BCUT2D eigenvalue weighted by molar-refractivity contribution is 5.80. The van der Waals surface area contributed by atoms with Crippen molar-refractivity contribution in [3.63, 3.8) is 0 Å². The average Bonchev–Trinajstić information content (AvgIpc) is 3.61. The number of hydrogen-bond acceptors (Lipinski definition) is 9. The normalized spacial score (nSPS) is 22.6. The molecule has 2 rings (SSSR count). The number of aliphatic hydroxyl groups excluding tert-OH is 1. The molecule has 0 bridgehead atoms. The SMILES string of the molecule is CC(CC(C)(C)C(=O)OCC1CO1)CC(C)(CC(C)(C)C(=O)OCCO)C(=O)OCC1CO1. The molecule has 0 aromatic heterocycles. The summed E-state index contributed by atoms with van der Waals surface area (Å²) in [5, 5.41) is 8.97. The molecule has 2 heterocycles. The first-order chi connectivity index (χ1) is 15.3. The third kappa shape index (κ3) is 8.87. The van der Waals surface area contributed by atoms with E-state index in [0.29, 0.717) is 26.1 Å². The van der Waals surface area contributed by atoms with Crippen molar-refractivity contribution in [1.29, 1.82) is 0 Å². The van der Waals surface area contributed by atoms with E-state index in [0.717, 1.165) is 0 Å². The molecule has 2 aliphatic heterocycles. The van der Waals surface area contributed by atoms with Gasteiger partial charge in [-0.15, -0.1) is 0 Å². The van der Waals surface area contributed by atoms with E-state index < -0.39 is 28.2 Å². The van der Waals surface area contributed by atoms with E-state index in [4.69, 9.17) is 28.8 Å². The van der Waals surface area contributed by atoms with Crippen LogP contribution < -0.4 is 0 Å². The molecule has 2 fully saturated rings. The van der Waals surface area contributed by atoms with Crippen LogP contribution in [0.5, 0.6) is 0 Å². The van der Waals surface area contributed by atoms with Gasteiger partial charge in [0.2, 0.25) is 0 Å². The van der Waals surface area contributed by atoms with E-state index in [1.807, 2.05) is 20.8 Å². The summed E-state index contributed by atoms with van der Waals surface area (Å²) in [6.07, 6.45) is 1.05. The number of carbonyl (C=O) groups is 3. The van der Waals surface area contributed by atoms with Gasteiger partial charge in [0.25, 0.3) is 0 Å². The van der Waals surface area contributed by atoms with Gasteiger partial charge in [0.1, 0.15) is 32.0 Å². The van der Waals surface area contributed by atoms with Gasteiger partial charge in [-0.25, -0.2) is 0 Å². The number of carbonyl (C=O) groups excluding carboxylic acids is 3. The van der Waals surface area contributed by atoms with Crippen LogP contribution in [0.3, 0.4) is 0 Å². The summed E-state index contributed by atoms with van der Waals surface area (Å²) < 4.78 is 26.3. The molecule has 4 atom stereocenters. The van der Waals surface area contributed by atoms with Crippen molar-refractivity contribution >= 4 is 17.9 Å². The van der Waals surface area contributed by atoms with Crippen molar-refractivity contribution in [2.45, 2.75) is 73.0 Å². The van der Waals surface area contributed by atoms with Gasteiger partial charge >= 0.3 is 17.9 Å². The van der Waals surface area contributed by atoms with Crippen LogP contribution in [0.15, 0.2) is 0 Å². The first kappa shape index (κ1) is 27.5. The van der Waals surface area contributed by atoms with Crippen LogP contribution in [-0.2, 0) is 38.1 Å². The maximum atomic E-state index is 13.2. The van der Waals surface area contributed by atoms with Crippen LogP contribution in [-0.4, -0.2) is 74.9 Å². The number of esters is 3. The van der Waals surface area contributed by atoms with Crippen LogP contribution in [0.4, 0.5) is 0 Å². The molecule has 33 heavy (non-hydrogen) atoms. The second-order valence-electron chi connectivity index (χ2n) is 11.0. The summed E-state index contributed by atoms with van der Waals surface area (Å²) in [6, 6.07) is 0. The van der Waals surface area contributed by atoms with E-state index in [2.05, 4.69) is 0 Å². The molecular formula is C24H40O9. The fourth-order valence-electron chi connectivity index (χ4n) is 4.44. The van der Waals surface area contributed by atoms with Crippen molar-refractivity contribution in [3.8, 4) is 0 Å². The summed E-state index contributed by atoms with van der Waals surface area (Å²) in [4.78, 5) is 38.3. The summed E-state index contributed by atoms with van der Waals surface area (Å²) in [6.45, 7) is 12.1. The molecule has 0 amide bonds. The summed E-state index contributed by atoms with van der Waals surface area (Å²) in [5.41, 5.74) is -2.70. The van der Waals surface area contributed by atoms with Crippen LogP contribution in [0.25, 0.3) is 0 Å². The molecule has 9 heteroatoms. The molecule has 0 saturated carbocycles. The minimum absolute atomic E-state index is 0.00324. The summed E-state index contributed by atoms with van der Waals surface area (Å²) in [5.74, 6) is -1.23. The average molecular weight is 473 g/mol. The molecule has 2 saturated heterocycles. The van der Waals surface area contributed by atoms with E-state index in [-0.39, 0.29) is 56.9 Å². The molecule has 9 nitrogen and oxygen atoms in total. The molecule has 2 aliphatic rings. The second kappa shape index (κ2) is 11.1. The third-order valence-electron chi connectivity index (χ3n) is 6.02. The number of aliphatic hydroxyl groups is 1. The minimum atomic E-state index is -0.988. The molecule has 0 aromatic carbocycles. The summed E-state index contributed by atoms with van der Waals surface area (Å²) >= 11 is 0. The molecule has 190 valence electrons. The lowest BCUT2D eigenvalue weighted by molar-refractivity contribution is -0.165. The topological polar surface area (TPSA) is 124 Å². The van der Waals surface area contributed by atoms with Crippen LogP contribution >= 0.6 is 0 Å². The highest BCUT2D eigenvalue weighted by Gasteiger charge is 2.46. The van der Waals surface area contributed by atoms with Gasteiger partial charge in [0.15, 0.2) is 0 Å². The lowest BCUT2D eigenvalue weighted by Gasteiger charge is -2.37. The molecular weight excluding hydrogens is 432 g/mol. The number of hydrogen-bond donors (Lipinski definition) is 1. The fourth-order valence-corrected chi connectivity index (χ4v) is 4.44. The standard InChI is InChI=1S/C24H40O9/c1-16(9-22(2,3)19(26)32-13-17-11-30-17)10-24(6,21(28)33-14-18-12-31-18)15-23(4,5)20(27)29-8-7-25/h16-18,25H,7-15H2,1-6H3. The van der Waals surface area contributed by atoms with Crippen molar-refractivity contribution in [3.05, 3.63) is 0 Å². The lowest BCUT2D eigenvalue weighted by Crippen LogP contribution is -2.41. The quantitative estimate of drug-likeness (QED) is 0.217. The highest BCUT2D eigenvalue weighted by Crippen LogP contribution is 2.43. The Morgan fingerprint density at radius 3 is 1.82 bits per heavy atom. The van der Waals surface area contributed by atoms with E-state index >= 15 is 0 Å². The van der Waals surface area contributed by atoms with Gasteiger partial charge in [-0.1, -0.05) is 6.92 Å². The highest BCUT2D eigenvalue weighted by atomic mass is 16.6. The Bertz CT molecular complexity index is 694. The third-order valence-corrected chi connectivity index (χ3v) is 6.02. The van der Waals surface area contributed by atoms with Crippen molar-refractivity contribution in [2.24, 2.45) is 22.2 Å². The van der Waals surface area contributed by atoms with Crippen molar-refractivity contribution in [2.75, 3.05) is 39.6 Å². The molecule has 0 radical (unpaired) electrons. The Kier molecular flexibility index (Phi) is 9.30. The molecule has 1 N–H and O–H groups in total. The molecule has 4 unspecified atom stereocenters. The maximum Gasteiger partial charge on any atom is 0.311 e. The largest absolute Gasteiger partial charge is 0.463 e. The van der Waals surface area contributed by atoms with Gasteiger partial charge in [-0.3, -0.25) is 14.4 Å². The predicted octanol–water partition coefficient (Wildman–Crippen LogP) is 2.27. The van der Waals surface area contributed by atoms with Gasteiger partial charge in [0.05, 0.1) is 36.1 Å². The van der Waals surface area contributed by atoms with Gasteiger partial charge < -0.3 is 28.8 Å². The number of ether oxygens (including phenoxy) is 5. The van der Waals surface area contributed by atoms with E-state index in [1.165, 1.54) is 0 Å². The van der Waals surface area contributed by atoms with Gasteiger partial charge in [-0.2, -0.15) is 0 Å². The fraction of sp³-hybridized carbons (Fsp3) is 0.875. The Morgan fingerprint density at radius 1 is 0.848 bits per heavy atom. The Labute approximate surface area is 196 Å². The molecule has 0 aromatic rings. The zero-order valence-corrected chi connectivity index (χ0v) is 20.8. The second-order valence-corrected chi connectivity index (χ2v) is 11.0. The van der Waals surface area contributed by atoms with E-state index in [9.17, 15) is 14.4 Å². The maximum absolute atomic E-state index is 13.2. The first-order valence-electron chi connectivity index (χ1n) is 11.6. The lowest BCUT2D eigenvalue weighted by atomic mass is 9.68. The molecule has 0 spiro atoms. The Morgan fingerprint density at radius 2 is 1.33 bits per heavy atom. The van der Waals surface area contributed by atoms with Crippen molar-refractivity contribution < 1.29 is 43.2 Å². The van der Waals surface area contributed by atoms with E-state index in [1.54, 1.807) is 20.8 Å². The van der Waals surface area contributed by atoms with Crippen LogP contribution in [0.1, 0.15) is 60.8 Å². The Hall–Kier alpha value is -1.71. The van der Waals surface area contributed by atoms with Gasteiger partial charge in [-0.05, 0) is 59.8 Å². The molecule has 0 aliphatic carbocycles. The summed E-state index contributed by atoms with van der Waals surface area (Å²) in [7, 11) is 0. The first-order valence-corrected chi connectivity index (χ1v) is 11.6. The Balaban J connectivity index is 2.06. The monoisotopic (exact) mass is 472 g/mol. The van der Waals surface area contributed by atoms with Gasteiger partial charge in [0, 0.05) is 0 Å². The number of rotatable bonds is 15. The smallest absolute Gasteiger partial charge is 0.311 e. The van der Waals surface area contributed by atoms with Crippen LogP contribution in [0, 0.1) is 22.2 Å². The number of epoxide rings is 2. The van der Waals surface area contributed by atoms with Crippen LogP contribution in [0.2, 0.25) is 0 Å². The zero-order chi connectivity index (χ0) is 24.9. The van der Waals surface area contributed by atoms with Crippen molar-refractivity contribution in [1.82, 2.24) is 0 Å². The minimum Gasteiger partial charge on any atom is -0.463 e. The zero-order valence-electron chi connectivity index (χ0n) is 20.8.